The lowest BCUT2D eigenvalue weighted by atomic mass is 9.98. The molecule has 0 spiro atoms. The van der Waals surface area contributed by atoms with Gasteiger partial charge in [-0.1, -0.05) is 54.6 Å². The second-order valence-corrected chi connectivity index (χ2v) is 6.99. The molecular weight excluding hydrogens is 384 g/mol. The summed E-state index contributed by atoms with van der Waals surface area (Å²) in [6.07, 6.45) is 0. The van der Waals surface area contributed by atoms with Crippen LogP contribution in [0, 0.1) is 10.1 Å². The number of para-hydroxylation sites is 2. The van der Waals surface area contributed by atoms with E-state index in [1.807, 2.05) is 61.5 Å². The lowest BCUT2D eigenvalue weighted by Gasteiger charge is -2.26. The van der Waals surface area contributed by atoms with Gasteiger partial charge in [-0.25, -0.2) is 0 Å². The predicted octanol–water partition coefficient (Wildman–Crippen LogP) is 3.11. The smallest absolute Gasteiger partial charge is 0.313 e. The molecule has 30 heavy (non-hydrogen) atoms. The van der Waals surface area contributed by atoms with E-state index in [9.17, 15) is 19.7 Å². The first-order chi connectivity index (χ1) is 14.4. The van der Waals surface area contributed by atoms with Crippen LogP contribution in [0.1, 0.15) is 11.6 Å². The summed E-state index contributed by atoms with van der Waals surface area (Å²) in [5.41, 5.74) is 0.721. The van der Waals surface area contributed by atoms with Gasteiger partial charge in [-0.3, -0.25) is 19.7 Å². The number of fused-ring (bicyclic) bond motifs is 1. The molecule has 2 N–H and O–H groups in total. The number of carbonyl (C=O) groups is 2. The summed E-state index contributed by atoms with van der Waals surface area (Å²) in [4.78, 5) is 37.0. The number of anilines is 1. The third-order valence-corrected chi connectivity index (χ3v) is 4.82. The molecule has 0 fully saturated rings. The molecule has 0 aliphatic heterocycles. The zero-order valence-electron chi connectivity index (χ0n) is 16.7. The van der Waals surface area contributed by atoms with Crippen molar-refractivity contribution >= 4 is 34.0 Å². The molecule has 8 nitrogen and oxygen atoms in total. The van der Waals surface area contributed by atoms with Gasteiger partial charge in [-0.2, -0.15) is 0 Å². The van der Waals surface area contributed by atoms with E-state index in [-0.39, 0.29) is 24.0 Å². The molecule has 3 aromatic rings. The number of likely N-dealkylation sites (N-methyl/N-ethyl adjacent to an activating group) is 1. The molecule has 0 radical (unpaired) electrons. The zero-order valence-corrected chi connectivity index (χ0v) is 16.7. The summed E-state index contributed by atoms with van der Waals surface area (Å²) >= 11 is 0. The van der Waals surface area contributed by atoms with Crippen molar-refractivity contribution in [2.45, 2.75) is 6.04 Å². The van der Waals surface area contributed by atoms with Gasteiger partial charge in [0.25, 0.3) is 5.69 Å². The number of carbonyl (C=O) groups excluding carboxylic acids is 2. The van der Waals surface area contributed by atoms with Gasteiger partial charge >= 0.3 is 11.8 Å². The van der Waals surface area contributed by atoms with Crippen LogP contribution in [0.3, 0.4) is 0 Å². The highest BCUT2D eigenvalue weighted by molar-refractivity contribution is 6.39. The van der Waals surface area contributed by atoms with Crippen molar-refractivity contribution in [3.63, 3.8) is 0 Å². The van der Waals surface area contributed by atoms with Crippen LogP contribution in [-0.2, 0) is 9.59 Å². The van der Waals surface area contributed by atoms with E-state index < -0.39 is 16.7 Å². The van der Waals surface area contributed by atoms with E-state index in [0.717, 1.165) is 16.3 Å². The molecule has 0 aromatic heterocycles. The molecule has 8 heteroatoms. The Kier molecular flexibility index (Phi) is 6.38. The maximum atomic E-state index is 12.3. The second kappa shape index (κ2) is 9.15. The van der Waals surface area contributed by atoms with Crippen LogP contribution < -0.4 is 10.6 Å². The average molecular weight is 406 g/mol. The number of nitrogens with one attached hydrogen (secondary N) is 2. The molecule has 3 rings (SSSR count). The quantitative estimate of drug-likeness (QED) is 0.372. The van der Waals surface area contributed by atoms with Crippen LogP contribution in [0.5, 0.6) is 0 Å². The molecule has 1 atom stereocenters. The van der Waals surface area contributed by atoms with Crippen molar-refractivity contribution < 1.29 is 14.5 Å². The second-order valence-electron chi connectivity index (χ2n) is 6.99. The highest BCUT2D eigenvalue weighted by atomic mass is 16.6. The predicted molar refractivity (Wildman–Crippen MR) is 115 cm³/mol. The number of hydrogen-bond acceptors (Lipinski definition) is 5. The van der Waals surface area contributed by atoms with Crippen LogP contribution in [0.4, 0.5) is 11.4 Å². The van der Waals surface area contributed by atoms with Crippen molar-refractivity contribution in [3.05, 3.63) is 82.4 Å². The lowest BCUT2D eigenvalue weighted by Crippen LogP contribution is -2.40. The first-order valence-electron chi connectivity index (χ1n) is 9.35. The summed E-state index contributed by atoms with van der Waals surface area (Å²) < 4.78 is 0. The fourth-order valence-electron chi connectivity index (χ4n) is 3.30. The molecule has 1 unspecified atom stereocenters. The standard InChI is InChI=1S/C22H22N4O4/c1-25(2)20(17-11-7-9-15-8-3-4-10-16(15)17)14-23-21(27)22(28)24-18-12-5-6-13-19(18)26(29)30/h3-13,20H,14H2,1-2H3,(H,23,27)(H,24,28). The minimum atomic E-state index is -0.959. The number of rotatable bonds is 6. The van der Waals surface area contributed by atoms with E-state index in [4.69, 9.17) is 0 Å². The van der Waals surface area contributed by atoms with Crippen LogP contribution in [0.25, 0.3) is 10.8 Å². The fourth-order valence-corrected chi connectivity index (χ4v) is 3.30. The van der Waals surface area contributed by atoms with Gasteiger partial charge in [0.15, 0.2) is 0 Å². The van der Waals surface area contributed by atoms with E-state index in [0.29, 0.717) is 0 Å². The first kappa shape index (κ1) is 20.9. The van der Waals surface area contributed by atoms with Gasteiger partial charge in [0.05, 0.1) is 11.0 Å². The van der Waals surface area contributed by atoms with Gasteiger partial charge in [-0.15, -0.1) is 0 Å². The Morgan fingerprint density at radius 1 is 0.967 bits per heavy atom. The van der Waals surface area contributed by atoms with Crippen molar-refractivity contribution in [2.75, 3.05) is 26.0 Å². The SMILES string of the molecule is CN(C)C(CNC(=O)C(=O)Nc1ccccc1[N+](=O)[O-])c1cccc2ccccc12. The molecule has 0 saturated carbocycles. The maximum absolute atomic E-state index is 12.3. The molecule has 0 saturated heterocycles. The highest BCUT2D eigenvalue weighted by Gasteiger charge is 2.22. The fraction of sp³-hybridized carbons (Fsp3) is 0.182. The van der Waals surface area contributed by atoms with Crippen molar-refractivity contribution in [1.82, 2.24) is 10.2 Å². The van der Waals surface area contributed by atoms with E-state index in [1.54, 1.807) is 6.07 Å². The molecule has 154 valence electrons. The summed E-state index contributed by atoms with van der Waals surface area (Å²) in [5, 5.41) is 18.2. The van der Waals surface area contributed by atoms with Gasteiger partial charge in [0.1, 0.15) is 5.69 Å². The van der Waals surface area contributed by atoms with Crippen molar-refractivity contribution in [2.24, 2.45) is 0 Å². The molecule has 0 aliphatic rings. The molecular formula is C22H22N4O4. The summed E-state index contributed by atoms with van der Waals surface area (Å²) in [6.45, 7) is 0.199. The Morgan fingerprint density at radius 3 is 2.37 bits per heavy atom. The van der Waals surface area contributed by atoms with Crippen LogP contribution in [-0.4, -0.2) is 42.3 Å². The largest absolute Gasteiger partial charge is 0.346 e. The van der Waals surface area contributed by atoms with Gasteiger partial charge < -0.3 is 15.5 Å². The molecule has 2 amide bonds. The number of benzene rings is 3. The Balaban J connectivity index is 1.73. The third kappa shape index (κ3) is 4.61. The van der Waals surface area contributed by atoms with Crippen molar-refractivity contribution in [1.29, 1.82) is 0 Å². The summed E-state index contributed by atoms with van der Waals surface area (Å²) in [5.74, 6) is -1.82. The Labute approximate surface area is 173 Å². The maximum Gasteiger partial charge on any atom is 0.313 e. The van der Waals surface area contributed by atoms with Crippen LogP contribution >= 0.6 is 0 Å². The molecule has 3 aromatic carbocycles. The normalized spacial score (nSPS) is 11.8. The number of nitro groups is 1. The average Bonchev–Trinajstić information content (AvgIpc) is 2.73. The Hall–Kier alpha value is -3.78. The van der Waals surface area contributed by atoms with Crippen LogP contribution in [0.2, 0.25) is 0 Å². The minimum absolute atomic E-state index is 0.0270. The molecule has 0 bridgehead atoms. The van der Waals surface area contributed by atoms with E-state index in [2.05, 4.69) is 10.6 Å². The topological polar surface area (TPSA) is 105 Å². The molecule has 0 aliphatic carbocycles. The summed E-state index contributed by atoms with van der Waals surface area (Å²) in [7, 11) is 3.79. The van der Waals surface area contributed by atoms with Gasteiger partial charge in [-0.05, 0) is 36.5 Å². The lowest BCUT2D eigenvalue weighted by molar-refractivity contribution is -0.383. The summed E-state index contributed by atoms with van der Waals surface area (Å²) in [6, 6.07) is 19.4. The first-order valence-corrected chi connectivity index (χ1v) is 9.35. The number of amides is 2. The monoisotopic (exact) mass is 406 g/mol. The third-order valence-electron chi connectivity index (χ3n) is 4.82. The Morgan fingerprint density at radius 2 is 1.63 bits per heavy atom. The number of hydrogen-bond donors (Lipinski definition) is 2. The van der Waals surface area contributed by atoms with Gasteiger partial charge in [0, 0.05) is 12.6 Å². The minimum Gasteiger partial charge on any atom is -0.346 e. The Bertz CT molecular complexity index is 1090. The van der Waals surface area contributed by atoms with Crippen LogP contribution in [0.15, 0.2) is 66.7 Å². The number of nitrogens with zero attached hydrogens (tertiary/aromatic N) is 2. The van der Waals surface area contributed by atoms with Crippen molar-refractivity contribution in [3.8, 4) is 0 Å². The highest BCUT2D eigenvalue weighted by Crippen LogP contribution is 2.27. The van der Waals surface area contributed by atoms with E-state index in [1.165, 1.54) is 18.2 Å². The number of nitro benzene ring substituents is 1. The van der Waals surface area contributed by atoms with E-state index >= 15 is 0 Å². The zero-order chi connectivity index (χ0) is 21.7. The van der Waals surface area contributed by atoms with Gasteiger partial charge in [0.2, 0.25) is 0 Å². The molecule has 0 heterocycles.